The van der Waals surface area contributed by atoms with Gasteiger partial charge in [-0.25, -0.2) is 0 Å². The molecular weight excluding hydrogens is 264 g/mol. The van der Waals surface area contributed by atoms with Crippen LogP contribution in [0, 0.1) is 0 Å². The molecule has 1 aromatic rings. The molecule has 1 atom stereocenters. The van der Waals surface area contributed by atoms with Crippen LogP contribution in [-0.2, 0) is 4.74 Å². The van der Waals surface area contributed by atoms with Crippen molar-refractivity contribution in [3.8, 4) is 5.75 Å². The van der Waals surface area contributed by atoms with Gasteiger partial charge in [0, 0.05) is 6.61 Å². The Labute approximate surface area is 129 Å². The molecule has 0 spiro atoms. The number of unbranched alkanes of at least 4 members (excludes halogenated alkanes) is 4. The molecule has 0 aliphatic rings. The summed E-state index contributed by atoms with van der Waals surface area (Å²) < 4.78 is 11.1. The summed E-state index contributed by atoms with van der Waals surface area (Å²) in [5.74, 6) is 0.831. The van der Waals surface area contributed by atoms with Gasteiger partial charge in [0.05, 0.1) is 12.7 Å². The minimum atomic E-state index is -0.561. The predicted octanol–water partition coefficient (Wildman–Crippen LogP) is 4.49. The lowest BCUT2D eigenvalue weighted by molar-refractivity contribution is 0.0344. The molecule has 3 nitrogen and oxygen atoms in total. The van der Waals surface area contributed by atoms with E-state index in [1.807, 2.05) is 38.1 Å². The summed E-state index contributed by atoms with van der Waals surface area (Å²) in [7, 11) is 0. The Bertz CT molecular complexity index is 359. The number of ether oxygens (including phenoxy) is 2. The summed E-state index contributed by atoms with van der Waals surface area (Å²) in [6.07, 6.45) is 5.73. The standard InChI is InChI=1S/C18H30O3/c1-4-5-6-7-8-13-20-14-18(19)16-9-11-17(12-10-16)21-15(2)3/h9-12,15,18-19H,4-8,13-14H2,1-3H3. The van der Waals surface area contributed by atoms with Crippen LogP contribution >= 0.6 is 0 Å². The lowest BCUT2D eigenvalue weighted by Gasteiger charge is -2.14. The lowest BCUT2D eigenvalue weighted by atomic mass is 10.1. The molecule has 0 aliphatic heterocycles. The quantitative estimate of drug-likeness (QED) is 0.611. The average Bonchev–Trinajstić information content (AvgIpc) is 2.46. The molecule has 1 N–H and O–H groups in total. The highest BCUT2D eigenvalue weighted by molar-refractivity contribution is 5.28. The highest BCUT2D eigenvalue weighted by atomic mass is 16.5. The van der Waals surface area contributed by atoms with Crippen LogP contribution in [0.15, 0.2) is 24.3 Å². The second kappa shape index (κ2) is 10.6. The molecule has 0 fully saturated rings. The number of hydrogen-bond acceptors (Lipinski definition) is 3. The zero-order valence-corrected chi connectivity index (χ0v) is 13.7. The minimum Gasteiger partial charge on any atom is -0.491 e. The Hall–Kier alpha value is -1.06. The van der Waals surface area contributed by atoms with Gasteiger partial charge in [-0.1, -0.05) is 44.7 Å². The second-order valence-electron chi connectivity index (χ2n) is 5.74. The molecular formula is C18H30O3. The maximum atomic E-state index is 10.1. The topological polar surface area (TPSA) is 38.7 Å². The van der Waals surface area contributed by atoms with E-state index >= 15 is 0 Å². The van der Waals surface area contributed by atoms with Crippen LogP contribution < -0.4 is 4.74 Å². The molecule has 0 radical (unpaired) electrons. The first-order valence-electron chi connectivity index (χ1n) is 8.16. The van der Waals surface area contributed by atoms with Gasteiger partial charge in [-0.05, 0) is 38.0 Å². The summed E-state index contributed by atoms with van der Waals surface area (Å²) in [5, 5.41) is 10.1. The van der Waals surface area contributed by atoms with E-state index in [4.69, 9.17) is 9.47 Å². The van der Waals surface area contributed by atoms with Crippen molar-refractivity contribution in [2.75, 3.05) is 13.2 Å². The van der Waals surface area contributed by atoms with Crippen molar-refractivity contribution >= 4 is 0 Å². The third kappa shape index (κ3) is 8.08. The molecule has 0 saturated carbocycles. The largest absolute Gasteiger partial charge is 0.491 e. The zero-order valence-electron chi connectivity index (χ0n) is 13.7. The average molecular weight is 294 g/mol. The molecule has 1 unspecified atom stereocenters. The van der Waals surface area contributed by atoms with Crippen molar-refractivity contribution in [2.45, 2.75) is 65.1 Å². The number of benzene rings is 1. The van der Waals surface area contributed by atoms with Crippen molar-refractivity contribution in [1.82, 2.24) is 0 Å². The third-order valence-electron chi connectivity index (χ3n) is 3.30. The summed E-state index contributed by atoms with van der Waals surface area (Å²) in [5.41, 5.74) is 0.872. The van der Waals surface area contributed by atoms with E-state index in [1.165, 1.54) is 25.7 Å². The molecule has 1 rings (SSSR count). The Morgan fingerprint density at radius 1 is 1.00 bits per heavy atom. The summed E-state index contributed by atoms with van der Waals surface area (Å²) in [6.45, 7) is 7.30. The van der Waals surface area contributed by atoms with Crippen LogP contribution in [-0.4, -0.2) is 24.4 Å². The Morgan fingerprint density at radius 2 is 1.67 bits per heavy atom. The molecule has 1 aromatic carbocycles. The molecule has 0 bridgehead atoms. The fraction of sp³-hybridized carbons (Fsp3) is 0.667. The summed E-state index contributed by atoms with van der Waals surface area (Å²) in [4.78, 5) is 0. The van der Waals surface area contributed by atoms with Gasteiger partial charge >= 0.3 is 0 Å². The number of rotatable bonds is 11. The van der Waals surface area contributed by atoms with E-state index in [0.717, 1.165) is 24.3 Å². The molecule has 3 heteroatoms. The molecule has 120 valence electrons. The van der Waals surface area contributed by atoms with Crippen LogP contribution in [0.1, 0.15) is 64.5 Å². The second-order valence-corrected chi connectivity index (χ2v) is 5.74. The van der Waals surface area contributed by atoms with Gasteiger partial charge in [0.1, 0.15) is 11.9 Å². The summed E-state index contributed by atoms with van der Waals surface area (Å²) in [6, 6.07) is 7.58. The van der Waals surface area contributed by atoms with Crippen LogP contribution in [0.4, 0.5) is 0 Å². The molecule has 0 saturated heterocycles. The fourth-order valence-electron chi connectivity index (χ4n) is 2.14. The van der Waals surface area contributed by atoms with Crippen molar-refractivity contribution in [2.24, 2.45) is 0 Å². The molecule has 0 heterocycles. The van der Waals surface area contributed by atoms with Crippen LogP contribution in [0.5, 0.6) is 5.75 Å². The van der Waals surface area contributed by atoms with E-state index in [1.54, 1.807) is 0 Å². The Morgan fingerprint density at radius 3 is 2.29 bits per heavy atom. The van der Waals surface area contributed by atoms with Gasteiger partial charge in [0.15, 0.2) is 0 Å². The smallest absolute Gasteiger partial charge is 0.119 e. The van der Waals surface area contributed by atoms with Crippen molar-refractivity contribution < 1.29 is 14.6 Å². The van der Waals surface area contributed by atoms with E-state index < -0.39 is 6.10 Å². The first kappa shape index (κ1) is 18.0. The van der Waals surface area contributed by atoms with Crippen LogP contribution in [0.3, 0.4) is 0 Å². The number of aliphatic hydroxyl groups excluding tert-OH is 1. The van der Waals surface area contributed by atoms with Gasteiger partial charge in [-0.15, -0.1) is 0 Å². The normalized spacial score (nSPS) is 12.6. The van der Waals surface area contributed by atoms with Crippen molar-refractivity contribution in [1.29, 1.82) is 0 Å². The molecule has 21 heavy (non-hydrogen) atoms. The first-order chi connectivity index (χ1) is 10.1. The zero-order chi connectivity index (χ0) is 15.5. The van der Waals surface area contributed by atoms with Gasteiger partial charge in [-0.3, -0.25) is 0 Å². The predicted molar refractivity (Wildman–Crippen MR) is 86.7 cm³/mol. The highest BCUT2D eigenvalue weighted by Gasteiger charge is 2.08. The minimum absolute atomic E-state index is 0.164. The maximum Gasteiger partial charge on any atom is 0.119 e. The van der Waals surface area contributed by atoms with E-state index in [9.17, 15) is 5.11 Å². The SMILES string of the molecule is CCCCCCCOCC(O)c1ccc(OC(C)C)cc1. The van der Waals surface area contributed by atoms with E-state index in [0.29, 0.717) is 6.61 Å². The fourth-order valence-corrected chi connectivity index (χ4v) is 2.14. The number of aliphatic hydroxyl groups is 1. The van der Waals surface area contributed by atoms with Gasteiger partial charge < -0.3 is 14.6 Å². The van der Waals surface area contributed by atoms with Crippen LogP contribution in [0.25, 0.3) is 0 Å². The van der Waals surface area contributed by atoms with Crippen molar-refractivity contribution in [3.63, 3.8) is 0 Å². The highest BCUT2D eigenvalue weighted by Crippen LogP contribution is 2.19. The Kier molecular flexibility index (Phi) is 9.11. The molecule has 0 aliphatic carbocycles. The summed E-state index contributed by atoms with van der Waals surface area (Å²) >= 11 is 0. The van der Waals surface area contributed by atoms with Gasteiger partial charge in [-0.2, -0.15) is 0 Å². The monoisotopic (exact) mass is 294 g/mol. The van der Waals surface area contributed by atoms with E-state index in [2.05, 4.69) is 6.92 Å². The lowest BCUT2D eigenvalue weighted by Crippen LogP contribution is -2.09. The van der Waals surface area contributed by atoms with Crippen LogP contribution in [0.2, 0.25) is 0 Å². The molecule has 0 amide bonds. The van der Waals surface area contributed by atoms with E-state index in [-0.39, 0.29) is 6.10 Å². The number of hydrogen-bond donors (Lipinski definition) is 1. The molecule has 0 aromatic heterocycles. The maximum absolute atomic E-state index is 10.1. The van der Waals surface area contributed by atoms with Gasteiger partial charge in [0.25, 0.3) is 0 Å². The first-order valence-corrected chi connectivity index (χ1v) is 8.16. The van der Waals surface area contributed by atoms with Gasteiger partial charge in [0.2, 0.25) is 0 Å². The Balaban J connectivity index is 2.21. The third-order valence-corrected chi connectivity index (χ3v) is 3.30. The van der Waals surface area contributed by atoms with Crippen molar-refractivity contribution in [3.05, 3.63) is 29.8 Å².